The summed E-state index contributed by atoms with van der Waals surface area (Å²) < 4.78 is 5.35. The number of nitrogens with zero attached hydrogens (tertiary/aromatic N) is 1. The van der Waals surface area contributed by atoms with E-state index in [4.69, 9.17) is 4.74 Å². The second-order valence-electron chi connectivity index (χ2n) is 5.50. The van der Waals surface area contributed by atoms with Crippen molar-refractivity contribution in [2.45, 2.75) is 66.4 Å². The van der Waals surface area contributed by atoms with Gasteiger partial charge in [-0.2, -0.15) is 0 Å². The largest absolute Gasteiger partial charge is 0.444 e. The molecule has 17 heavy (non-hydrogen) atoms. The SMILES string of the molecule is CC.CC1CCCN(C(=O)OC(C)(C)C)CC1. The molecule has 0 aromatic rings. The molecule has 0 N–H and O–H groups in total. The Morgan fingerprint density at radius 2 is 1.76 bits per heavy atom. The molecule has 1 aliphatic heterocycles. The molecule has 102 valence electrons. The van der Waals surface area contributed by atoms with E-state index in [-0.39, 0.29) is 11.7 Å². The van der Waals surface area contributed by atoms with Crippen LogP contribution in [0.15, 0.2) is 0 Å². The van der Waals surface area contributed by atoms with Gasteiger partial charge in [-0.1, -0.05) is 20.8 Å². The summed E-state index contributed by atoms with van der Waals surface area (Å²) in [5, 5.41) is 0. The van der Waals surface area contributed by atoms with E-state index >= 15 is 0 Å². The van der Waals surface area contributed by atoms with Crippen LogP contribution in [0.2, 0.25) is 0 Å². The van der Waals surface area contributed by atoms with Crippen molar-refractivity contribution in [3.8, 4) is 0 Å². The smallest absolute Gasteiger partial charge is 0.410 e. The second-order valence-corrected chi connectivity index (χ2v) is 5.50. The third kappa shape index (κ3) is 7.24. The van der Waals surface area contributed by atoms with Gasteiger partial charge in [0, 0.05) is 13.1 Å². The standard InChI is InChI=1S/C12H23NO2.C2H6/c1-10-6-5-8-13(9-7-10)11(14)15-12(2,3)4;1-2/h10H,5-9H2,1-4H3;1-2H3. The van der Waals surface area contributed by atoms with Gasteiger partial charge in [0.25, 0.3) is 0 Å². The van der Waals surface area contributed by atoms with E-state index in [2.05, 4.69) is 6.92 Å². The summed E-state index contributed by atoms with van der Waals surface area (Å²) in [5.41, 5.74) is -0.380. The molecule has 0 radical (unpaired) electrons. The molecule has 1 amide bonds. The molecule has 0 aromatic carbocycles. The number of hydrogen-bond donors (Lipinski definition) is 0. The first-order valence-electron chi connectivity index (χ1n) is 6.86. The second kappa shape index (κ2) is 7.57. The first kappa shape index (κ1) is 16.3. The van der Waals surface area contributed by atoms with Gasteiger partial charge in [-0.15, -0.1) is 0 Å². The Bertz CT molecular complexity index is 221. The van der Waals surface area contributed by atoms with Gasteiger partial charge in [0.2, 0.25) is 0 Å². The van der Waals surface area contributed by atoms with Crippen LogP contribution in [-0.4, -0.2) is 29.7 Å². The molecular formula is C14H29NO2. The molecule has 1 saturated heterocycles. The summed E-state index contributed by atoms with van der Waals surface area (Å²) in [6.45, 7) is 13.7. The highest BCUT2D eigenvalue weighted by Gasteiger charge is 2.23. The van der Waals surface area contributed by atoms with Crippen molar-refractivity contribution in [3.63, 3.8) is 0 Å². The molecule has 3 heteroatoms. The Kier molecular flexibility index (Phi) is 7.24. The maximum atomic E-state index is 11.8. The Labute approximate surface area is 107 Å². The Hall–Kier alpha value is -0.730. The Balaban J connectivity index is 0.00000121. The predicted molar refractivity (Wildman–Crippen MR) is 72.2 cm³/mol. The average molecular weight is 243 g/mol. The maximum absolute atomic E-state index is 11.8. The summed E-state index contributed by atoms with van der Waals surface area (Å²) >= 11 is 0. The van der Waals surface area contributed by atoms with Crippen molar-refractivity contribution in [2.24, 2.45) is 5.92 Å². The summed E-state index contributed by atoms with van der Waals surface area (Å²) in [4.78, 5) is 13.6. The number of carbonyl (C=O) groups is 1. The number of amides is 1. The molecule has 1 atom stereocenters. The molecule has 0 bridgehead atoms. The zero-order chi connectivity index (χ0) is 13.5. The fourth-order valence-corrected chi connectivity index (χ4v) is 1.77. The van der Waals surface area contributed by atoms with Gasteiger partial charge < -0.3 is 9.64 Å². The normalized spacial score (nSPS) is 21.1. The molecule has 1 fully saturated rings. The first-order chi connectivity index (χ1) is 7.88. The van der Waals surface area contributed by atoms with Crippen LogP contribution in [0.4, 0.5) is 4.79 Å². The van der Waals surface area contributed by atoms with Gasteiger partial charge in [-0.05, 0) is 46.0 Å². The number of carbonyl (C=O) groups excluding carboxylic acids is 1. The van der Waals surface area contributed by atoms with Crippen molar-refractivity contribution < 1.29 is 9.53 Å². The van der Waals surface area contributed by atoms with E-state index in [1.165, 1.54) is 6.42 Å². The molecular weight excluding hydrogens is 214 g/mol. The minimum Gasteiger partial charge on any atom is -0.444 e. The Morgan fingerprint density at radius 1 is 1.18 bits per heavy atom. The summed E-state index contributed by atoms with van der Waals surface area (Å²) in [6, 6.07) is 0. The van der Waals surface area contributed by atoms with E-state index in [9.17, 15) is 4.79 Å². The van der Waals surface area contributed by atoms with E-state index in [1.807, 2.05) is 39.5 Å². The lowest BCUT2D eigenvalue weighted by Gasteiger charge is -2.26. The van der Waals surface area contributed by atoms with Crippen molar-refractivity contribution in [2.75, 3.05) is 13.1 Å². The lowest BCUT2D eigenvalue weighted by molar-refractivity contribution is 0.0255. The highest BCUT2D eigenvalue weighted by atomic mass is 16.6. The fraction of sp³-hybridized carbons (Fsp3) is 0.929. The van der Waals surface area contributed by atoms with Crippen LogP contribution in [0.5, 0.6) is 0 Å². The molecule has 3 nitrogen and oxygen atoms in total. The Morgan fingerprint density at radius 3 is 2.29 bits per heavy atom. The zero-order valence-electron chi connectivity index (χ0n) is 12.4. The van der Waals surface area contributed by atoms with E-state index in [0.29, 0.717) is 0 Å². The van der Waals surface area contributed by atoms with Crippen LogP contribution >= 0.6 is 0 Å². The average Bonchev–Trinajstić information content (AvgIpc) is 2.43. The van der Waals surface area contributed by atoms with Gasteiger partial charge in [0.1, 0.15) is 5.60 Å². The monoisotopic (exact) mass is 243 g/mol. The van der Waals surface area contributed by atoms with Gasteiger partial charge in [-0.3, -0.25) is 0 Å². The summed E-state index contributed by atoms with van der Waals surface area (Å²) in [5.74, 6) is 0.734. The van der Waals surface area contributed by atoms with E-state index < -0.39 is 0 Å². The van der Waals surface area contributed by atoms with Crippen LogP contribution in [0.3, 0.4) is 0 Å². The quantitative estimate of drug-likeness (QED) is 0.642. The van der Waals surface area contributed by atoms with Crippen LogP contribution in [0.1, 0.15) is 60.8 Å². The van der Waals surface area contributed by atoms with Crippen molar-refractivity contribution in [1.29, 1.82) is 0 Å². The third-order valence-corrected chi connectivity index (χ3v) is 2.67. The predicted octanol–water partition coefficient (Wildman–Crippen LogP) is 4.07. The number of hydrogen-bond acceptors (Lipinski definition) is 2. The maximum Gasteiger partial charge on any atom is 0.410 e. The van der Waals surface area contributed by atoms with E-state index in [0.717, 1.165) is 31.8 Å². The number of rotatable bonds is 0. The highest BCUT2D eigenvalue weighted by Crippen LogP contribution is 2.18. The molecule has 0 aromatic heterocycles. The van der Waals surface area contributed by atoms with Crippen LogP contribution in [0, 0.1) is 5.92 Å². The molecule has 0 aliphatic carbocycles. The van der Waals surface area contributed by atoms with Gasteiger partial charge in [0.05, 0.1) is 0 Å². The first-order valence-corrected chi connectivity index (χ1v) is 6.86. The molecule has 1 heterocycles. The van der Waals surface area contributed by atoms with Crippen molar-refractivity contribution in [1.82, 2.24) is 4.90 Å². The molecule has 0 spiro atoms. The van der Waals surface area contributed by atoms with Gasteiger partial charge >= 0.3 is 6.09 Å². The lowest BCUT2D eigenvalue weighted by Crippen LogP contribution is -2.37. The summed E-state index contributed by atoms with van der Waals surface area (Å²) in [7, 11) is 0. The minimum absolute atomic E-state index is 0.156. The van der Waals surface area contributed by atoms with Gasteiger partial charge in [-0.25, -0.2) is 4.79 Å². The van der Waals surface area contributed by atoms with Crippen LogP contribution < -0.4 is 0 Å². The van der Waals surface area contributed by atoms with Crippen LogP contribution in [0.25, 0.3) is 0 Å². The fourth-order valence-electron chi connectivity index (χ4n) is 1.77. The topological polar surface area (TPSA) is 29.5 Å². The molecule has 1 rings (SSSR count). The number of likely N-dealkylation sites (tertiary alicyclic amines) is 1. The zero-order valence-corrected chi connectivity index (χ0v) is 12.4. The minimum atomic E-state index is -0.380. The summed E-state index contributed by atoms with van der Waals surface area (Å²) in [6.07, 6.45) is 3.26. The molecule has 1 unspecified atom stereocenters. The van der Waals surface area contributed by atoms with Crippen molar-refractivity contribution in [3.05, 3.63) is 0 Å². The van der Waals surface area contributed by atoms with E-state index in [1.54, 1.807) is 0 Å². The highest BCUT2D eigenvalue weighted by molar-refractivity contribution is 5.68. The van der Waals surface area contributed by atoms with Gasteiger partial charge in [0.15, 0.2) is 0 Å². The molecule has 1 aliphatic rings. The van der Waals surface area contributed by atoms with Crippen molar-refractivity contribution >= 4 is 6.09 Å². The van der Waals surface area contributed by atoms with Crippen LogP contribution in [-0.2, 0) is 4.74 Å². The third-order valence-electron chi connectivity index (χ3n) is 2.67. The lowest BCUT2D eigenvalue weighted by atomic mass is 10.0. The molecule has 0 saturated carbocycles. The number of ether oxygens (including phenoxy) is 1.